The largest absolute Gasteiger partial charge is 0.450 e. The highest BCUT2D eigenvalue weighted by Gasteiger charge is 2.05. The zero-order valence-electron chi connectivity index (χ0n) is 18.6. The molecule has 0 aliphatic rings. The molecule has 2 N–H and O–H groups in total. The summed E-state index contributed by atoms with van der Waals surface area (Å²) in [5, 5.41) is 20.7. The highest BCUT2D eigenvalue weighted by molar-refractivity contribution is 5.84. The molecule has 0 radical (unpaired) electrons. The van der Waals surface area contributed by atoms with E-state index in [0.29, 0.717) is 19.0 Å². The topological polar surface area (TPSA) is 128 Å². The number of aromatic nitrogens is 6. The molecule has 0 aliphatic heterocycles. The first kappa shape index (κ1) is 23.3. The Kier molecular flexibility index (Phi) is 8.01. The monoisotopic (exact) mass is 447 g/mol. The SMILES string of the molecule is CCOC(=O)Nc1cccc(C)c1.CCn1nc(-c2ccc(-c3nn[nH]n3)cc2)ccc1=O. The van der Waals surface area contributed by atoms with Crippen LogP contribution in [0.2, 0.25) is 0 Å². The second-order valence-electron chi connectivity index (χ2n) is 6.90. The van der Waals surface area contributed by atoms with Crippen LogP contribution in [0.5, 0.6) is 0 Å². The Morgan fingerprint density at radius 3 is 2.45 bits per heavy atom. The summed E-state index contributed by atoms with van der Waals surface area (Å²) >= 11 is 0. The van der Waals surface area contributed by atoms with Gasteiger partial charge < -0.3 is 4.74 Å². The number of carbonyl (C=O) groups excluding carboxylic acids is 1. The fourth-order valence-electron chi connectivity index (χ4n) is 2.91. The Morgan fingerprint density at radius 1 is 1.06 bits per heavy atom. The summed E-state index contributed by atoms with van der Waals surface area (Å²) < 4.78 is 6.17. The van der Waals surface area contributed by atoms with E-state index in [1.807, 2.05) is 62.4 Å². The van der Waals surface area contributed by atoms with E-state index in [0.717, 1.165) is 28.1 Å². The molecule has 0 spiro atoms. The number of aromatic amines is 1. The number of ether oxygens (including phenoxy) is 1. The van der Waals surface area contributed by atoms with Gasteiger partial charge in [-0.3, -0.25) is 10.1 Å². The molecule has 4 rings (SSSR count). The van der Waals surface area contributed by atoms with Crippen molar-refractivity contribution < 1.29 is 9.53 Å². The molecule has 0 saturated carbocycles. The van der Waals surface area contributed by atoms with Crippen LogP contribution in [0, 0.1) is 6.92 Å². The zero-order valence-corrected chi connectivity index (χ0v) is 18.6. The number of nitrogens with one attached hydrogen (secondary N) is 2. The maximum atomic E-state index is 11.5. The van der Waals surface area contributed by atoms with Crippen LogP contribution >= 0.6 is 0 Å². The molecule has 10 heteroatoms. The third-order valence-electron chi connectivity index (χ3n) is 4.49. The molecule has 170 valence electrons. The van der Waals surface area contributed by atoms with Gasteiger partial charge in [0, 0.05) is 29.4 Å². The number of tetrazole rings is 1. The van der Waals surface area contributed by atoms with Crippen LogP contribution in [0.25, 0.3) is 22.6 Å². The minimum absolute atomic E-state index is 0.0975. The average molecular weight is 447 g/mol. The summed E-state index contributed by atoms with van der Waals surface area (Å²) in [7, 11) is 0. The van der Waals surface area contributed by atoms with Gasteiger partial charge in [0.1, 0.15) is 0 Å². The fourth-order valence-corrected chi connectivity index (χ4v) is 2.91. The van der Waals surface area contributed by atoms with Crippen LogP contribution in [0.4, 0.5) is 10.5 Å². The van der Waals surface area contributed by atoms with Crippen LogP contribution in [-0.4, -0.2) is 43.1 Å². The third-order valence-corrected chi connectivity index (χ3v) is 4.49. The maximum Gasteiger partial charge on any atom is 0.411 e. The summed E-state index contributed by atoms with van der Waals surface area (Å²) in [6.07, 6.45) is -0.409. The van der Waals surface area contributed by atoms with E-state index < -0.39 is 6.09 Å². The number of carbonyl (C=O) groups is 1. The van der Waals surface area contributed by atoms with Gasteiger partial charge in [0.05, 0.1) is 12.3 Å². The van der Waals surface area contributed by atoms with Gasteiger partial charge in [0.15, 0.2) is 0 Å². The van der Waals surface area contributed by atoms with E-state index in [1.54, 1.807) is 13.0 Å². The zero-order chi connectivity index (χ0) is 23.6. The molecule has 0 atom stereocenters. The van der Waals surface area contributed by atoms with Crippen LogP contribution in [0.1, 0.15) is 19.4 Å². The van der Waals surface area contributed by atoms with E-state index in [2.05, 4.69) is 31.0 Å². The van der Waals surface area contributed by atoms with Crippen molar-refractivity contribution in [3.05, 3.63) is 76.6 Å². The number of H-pyrrole nitrogens is 1. The van der Waals surface area contributed by atoms with Crippen molar-refractivity contribution >= 4 is 11.8 Å². The molecule has 2 aromatic carbocycles. The lowest BCUT2D eigenvalue weighted by molar-refractivity contribution is 0.168. The average Bonchev–Trinajstić information content (AvgIpc) is 3.35. The van der Waals surface area contributed by atoms with Crippen LogP contribution in [0.3, 0.4) is 0 Å². The number of aryl methyl sites for hydroxylation is 2. The van der Waals surface area contributed by atoms with Crippen LogP contribution in [-0.2, 0) is 11.3 Å². The van der Waals surface area contributed by atoms with Gasteiger partial charge in [-0.15, -0.1) is 10.2 Å². The molecule has 1 amide bonds. The van der Waals surface area contributed by atoms with Crippen molar-refractivity contribution in [2.24, 2.45) is 0 Å². The molecule has 2 heterocycles. The summed E-state index contributed by atoms with van der Waals surface area (Å²) in [5.41, 5.74) is 4.32. The molecule has 4 aromatic rings. The highest BCUT2D eigenvalue weighted by atomic mass is 16.5. The second kappa shape index (κ2) is 11.3. The molecule has 2 aromatic heterocycles. The van der Waals surface area contributed by atoms with Gasteiger partial charge >= 0.3 is 6.09 Å². The molecule has 0 aliphatic carbocycles. The molecule has 0 bridgehead atoms. The van der Waals surface area contributed by atoms with E-state index in [9.17, 15) is 9.59 Å². The van der Waals surface area contributed by atoms with Crippen LogP contribution < -0.4 is 10.9 Å². The Balaban J connectivity index is 0.000000205. The minimum atomic E-state index is -0.409. The molecule has 10 nitrogen and oxygen atoms in total. The van der Waals surface area contributed by atoms with Gasteiger partial charge in [-0.1, -0.05) is 36.4 Å². The Morgan fingerprint density at radius 2 is 1.82 bits per heavy atom. The number of hydrogen-bond donors (Lipinski definition) is 2. The van der Waals surface area contributed by atoms with Gasteiger partial charge in [0.2, 0.25) is 5.82 Å². The highest BCUT2D eigenvalue weighted by Crippen LogP contribution is 2.20. The maximum absolute atomic E-state index is 11.5. The van der Waals surface area contributed by atoms with E-state index in [-0.39, 0.29) is 5.56 Å². The Hall–Kier alpha value is -4.34. The molecule has 0 fully saturated rings. The smallest absolute Gasteiger partial charge is 0.411 e. The Bertz CT molecular complexity index is 1240. The summed E-state index contributed by atoms with van der Waals surface area (Å²) in [4.78, 5) is 22.5. The number of benzene rings is 2. The number of amides is 1. The summed E-state index contributed by atoms with van der Waals surface area (Å²) in [6.45, 7) is 6.56. The van der Waals surface area contributed by atoms with E-state index >= 15 is 0 Å². The van der Waals surface area contributed by atoms with Gasteiger partial charge in [-0.2, -0.15) is 10.3 Å². The minimum Gasteiger partial charge on any atom is -0.450 e. The predicted molar refractivity (Wildman–Crippen MR) is 125 cm³/mol. The summed E-state index contributed by atoms with van der Waals surface area (Å²) in [5.74, 6) is 0.544. The van der Waals surface area contributed by atoms with Gasteiger partial charge in [-0.05, 0) is 49.7 Å². The number of hydrogen-bond acceptors (Lipinski definition) is 7. The standard InChI is InChI=1S/C13H12N6O.C10H13NO2/c1-2-19-12(20)8-7-11(16-19)9-3-5-10(6-4-9)13-14-17-18-15-13;1-3-13-10(12)11-9-6-4-5-8(2)7-9/h3-8H,2H2,1H3,(H,14,15,17,18);4-7H,3H2,1-2H3,(H,11,12). The first-order valence-electron chi connectivity index (χ1n) is 10.4. The van der Waals surface area contributed by atoms with Gasteiger partial charge in [0.25, 0.3) is 5.56 Å². The third kappa shape index (κ3) is 6.57. The first-order chi connectivity index (χ1) is 16.0. The van der Waals surface area contributed by atoms with E-state index in [1.165, 1.54) is 10.7 Å². The van der Waals surface area contributed by atoms with Crippen molar-refractivity contribution in [2.45, 2.75) is 27.3 Å². The van der Waals surface area contributed by atoms with E-state index in [4.69, 9.17) is 4.74 Å². The lowest BCUT2D eigenvalue weighted by Crippen LogP contribution is -2.20. The quantitative estimate of drug-likeness (QED) is 0.478. The number of anilines is 1. The molecule has 0 saturated heterocycles. The first-order valence-corrected chi connectivity index (χ1v) is 10.4. The molecule has 33 heavy (non-hydrogen) atoms. The number of rotatable bonds is 5. The van der Waals surface area contributed by atoms with Crippen molar-refractivity contribution in [1.82, 2.24) is 30.4 Å². The van der Waals surface area contributed by atoms with Crippen molar-refractivity contribution in [3.8, 4) is 22.6 Å². The van der Waals surface area contributed by atoms with Crippen molar-refractivity contribution in [1.29, 1.82) is 0 Å². The fraction of sp³-hybridized carbons (Fsp3) is 0.217. The second-order valence-corrected chi connectivity index (χ2v) is 6.90. The van der Waals surface area contributed by atoms with Crippen molar-refractivity contribution in [2.75, 3.05) is 11.9 Å². The predicted octanol–water partition coefficient (Wildman–Crippen LogP) is 3.67. The Labute approximate surface area is 190 Å². The summed E-state index contributed by atoms with van der Waals surface area (Å²) in [6, 6.07) is 18.4. The number of nitrogens with zero attached hydrogens (tertiary/aromatic N) is 5. The molecular formula is C23H25N7O3. The molecular weight excluding hydrogens is 422 g/mol. The van der Waals surface area contributed by atoms with Crippen molar-refractivity contribution in [3.63, 3.8) is 0 Å². The lowest BCUT2D eigenvalue weighted by Gasteiger charge is -2.05. The van der Waals surface area contributed by atoms with Gasteiger partial charge in [-0.25, -0.2) is 9.48 Å². The normalized spacial score (nSPS) is 10.2. The molecule has 0 unspecified atom stereocenters. The lowest BCUT2D eigenvalue weighted by atomic mass is 10.1. The van der Waals surface area contributed by atoms with Crippen LogP contribution in [0.15, 0.2) is 65.5 Å².